The summed E-state index contributed by atoms with van der Waals surface area (Å²) in [6.45, 7) is 2.32. The van der Waals surface area contributed by atoms with Crippen LogP contribution < -0.4 is 16.0 Å². The highest BCUT2D eigenvalue weighted by molar-refractivity contribution is 5.94. The highest BCUT2D eigenvalue weighted by Crippen LogP contribution is 2.17. The molecule has 2 heterocycles. The van der Waals surface area contributed by atoms with E-state index in [-0.39, 0.29) is 11.9 Å². The van der Waals surface area contributed by atoms with E-state index in [1.54, 1.807) is 0 Å². The molecular formula is C18H22N4O. The first kappa shape index (κ1) is 15.5. The predicted molar refractivity (Wildman–Crippen MR) is 91.3 cm³/mol. The number of amides is 1. The molecule has 0 atom stereocenters. The zero-order chi connectivity index (χ0) is 16.1. The molecule has 23 heavy (non-hydrogen) atoms. The van der Waals surface area contributed by atoms with Crippen LogP contribution in [-0.4, -0.2) is 30.0 Å². The second-order valence-electron chi connectivity index (χ2n) is 5.82. The van der Waals surface area contributed by atoms with E-state index in [9.17, 15) is 4.79 Å². The smallest absolute Gasteiger partial charge is 0.251 e. The number of pyridine rings is 1. The fraction of sp³-hybridized carbons (Fsp3) is 0.333. The van der Waals surface area contributed by atoms with E-state index in [1.165, 1.54) is 0 Å². The highest BCUT2D eigenvalue weighted by atomic mass is 16.1. The molecule has 1 aliphatic heterocycles. The van der Waals surface area contributed by atoms with Crippen LogP contribution in [0.2, 0.25) is 0 Å². The lowest BCUT2D eigenvalue weighted by molar-refractivity contribution is 0.0931. The lowest BCUT2D eigenvalue weighted by Gasteiger charge is -2.33. The third-order valence-corrected chi connectivity index (χ3v) is 4.26. The van der Waals surface area contributed by atoms with E-state index in [0.717, 1.165) is 37.3 Å². The molecule has 0 saturated carbocycles. The van der Waals surface area contributed by atoms with Gasteiger partial charge in [0, 0.05) is 37.4 Å². The summed E-state index contributed by atoms with van der Waals surface area (Å²) in [5.74, 6) is 1.000. The monoisotopic (exact) mass is 310 g/mol. The van der Waals surface area contributed by atoms with E-state index < -0.39 is 0 Å². The summed E-state index contributed by atoms with van der Waals surface area (Å²) >= 11 is 0. The number of benzene rings is 1. The first-order chi connectivity index (χ1) is 11.3. The van der Waals surface area contributed by atoms with Crippen LogP contribution in [0.25, 0.3) is 0 Å². The number of aromatic nitrogens is 1. The molecule has 1 aromatic carbocycles. The normalized spacial score (nSPS) is 15.4. The molecular weight excluding hydrogens is 288 g/mol. The van der Waals surface area contributed by atoms with Crippen LogP contribution in [-0.2, 0) is 6.54 Å². The molecule has 1 aliphatic rings. The molecule has 3 rings (SSSR count). The van der Waals surface area contributed by atoms with Crippen molar-refractivity contribution in [2.45, 2.75) is 25.4 Å². The van der Waals surface area contributed by atoms with E-state index in [1.807, 2.05) is 48.7 Å². The second kappa shape index (κ2) is 7.24. The molecule has 5 heteroatoms. The molecule has 120 valence electrons. The number of carbonyl (C=O) groups excluding carboxylic acids is 1. The van der Waals surface area contributed by atoms with Crippen LogP contribution in [0.4, 0.5) is 5.82 Å². The molecule has 0 bridgehead atoms. The average molecular weight is 310 g/mol. The number of nitrogens with two attached hydrogens (primary N) is 1. The summed E-state index contributed by atoms with van der Waals surface area (Å²) < 4.78 is 0. The van der Waals surface area contributed by atoms with Crippen LogP contribution in [0.5, 0.6) is 0 Å². The number of rotatable bonds is 4. The first-order valence-corrected chi connectivity index (χ1v) is 8.02. The minimum atomic E-state index is -0.00939. The molecule has 0 unspecified atom stereocenters. The summed E-state index contributed by atoms with van der Waals surface area (Å²) in [7, 11) is 0. The Morgan fingerprint density at radius 3 is 2.52 bits per heavy atom. The van der Waals surface area contributed by atoms with Crippen LogP contribution in [0.1, 0.15) is 28.8 Å². The van der Waals surface area contributed by atoms with Crippen molar-refractivity contribution in [1.29, 1.82) is 0 Å². The maximum Gasteiger partial charge on any atom is 0.251 e. The highest BCUT2D eigenvalue weighted by Gasteiger charge is 2.21. The van der Waals surface area contributed by atoms with E-state index in [0.29, 0.717) is 12.1 Å². The van der Waals surface area contributed by atoms with Gasteiger partial charge in [-0.05, 0) is 42.7 Å². The van der Waals surface area contributed by atoms with Gasteiger partial charge in [0.2, 0.25) is 0 Å². The summed E-state index contributed by atoms with van der Waals surface area (Å²) in [6.07, 6.45) is 3.68. The van der Waals surface area contributed by atoms with Crippen molar-refractivity contribution in [3.8, 4) is 0 Å². The van der Waals surface area contributed by atoms with Gasteiger partial charge in [-0.25, -0.2) is 4.98 Å². The predicted octanol–water partition coefficient (Wildman–Crippen LogP) is 1.94. The molecule has 1 aromatic heterocycles. The maximum atomic E-state index is 12.3. The van der Waals surface area contributed by atoms with Gasteiger partial charge in [0.25, 0.3) is 5.91 Å². The zero-order valence-electron chi connectivity index (χ0n) is 13.1. The first-order valence-electron chi connectivity index (χ1n) is 8.02. The van der Waals surface area contributed by atoms with Crippen molar-refractivity contribution in [3.63, 3.8) is 0 Å². The van der Waals surface area contributed by atoms with Crippen LogP contribution in [0, 0.1) is 0 Å². The minimum absolute atomic E-state index is 0.00939. The summed E-state index contributed by atoms with van der Waals surface area (Å²) in [6, 6.07) is 13.6. The lowest BCUT2D eigenvalue weighted by Crippen LogP contribution is -2.44. The molecule has 1 saturated heterocycles. The van der Waals surface area contributed by atoms with Gasteiger partial charge in [0.1, 0.15) is 5.82 Å². The van der Waals surface area contributed by atoms with Gasteiger partial charge in [-0.3, -0.25) is 4.79 Å². The van der Waals surface area contributed by atoms with E-state index in [2.05, 4.69) is 15.2 Å². The van der Waals surface area contributed by atoms with E-state index in [4.69, 9.17) is 5.73 Å². The Morgan fingerprint density at radius 1 is 1.17 bits per heavy atom. The van der Waals surface area contributed by atoms with Gasteiger partial charge in [-0.1, -0.05) is 18.2 Å². The number of piperidine rings is 1. The number of hydrogen-bond acceptors (Lipinski definition) is 4. The largest absolute Gasteiger partial charge is 0.356 e. The number of carbonyl (C=O) groups is 1. The summed E-state index contributed by atoms with van der Waals surface area (Å²) in [5, 5.41) is 3.13. The number of nitrogens with zero attached hydrogens (tertiary/aromatic N) is 2. The Hall–Kier alpha value is -2.40. The minimum Gasteiger partial charge on any atom is -0.356 e. The molecule has 0 radical (unpaired) electrons. The topological polar surface area (TPSA) is 71.2 Å². The van der Waals surface area contributed by atoms with Crippen molar-refractivity contribution >= 4 is 11.7 Å². The third-order valence-electron chi connectivity index (χ3n) is 4.26. The quantitative estimate of drug-likeness (QED) is 0.905. The molecule has 5 nitrogen and oxygen atoms in total. The van der Waals surface area contributed by atoms with Crippen LogP contribution in [0.15, 0.2) is 48.7 Å². The second-order valence-corrected chi connectivity index (χ2v) is 5.82. The number of nitrogens with one attached hydrogen (secondary N) is 1. The SMILES string of the molecule is NCc1ccc(C(=O)NC2CCN(c3ccccn3)CC2)cc1. The Bertz CT molecular complexity index is 634. The van der Waals surface area contributed by atoms with Gasteiger partial charge < -0.3 is 16.0 Å². The van der Waals surface area contributed by atoms with Gasteiger partial charge in [-0.15, -0.1) is 0 Å². The Labute approximate surface area is 136 Å². The average Bonchev–Trinajstić information content (AvgIpc) is 2.63. The molecule has 1 fully saturated rings. The molecule has 3 N–H and O–H groups in total. The van der Waals surface area contributed by atoms with Gasteiger partial charge in [0.05, 0.1) is 0 Å². The fourth-order valence-corrected chi connectivity index (χ4v) is 2.85. The van der Waals surface area contributed by atoms with Crippen molar-refractivity contribution in [2.24, 2.45) is 5.73 Å². The fourth-order valence-electron chi connectivity index (χ4n) is 2.85. The summed E-state index contributed by atoms with van der Waals surface area (Å²) in [4.78, 5) is 18.9. The Balaban J connectivity index is 1.53. The maximum absolute atomic E-state index is 12.3. The number of hydrogen-bond donors (Lipinski definition) is 2. The standard InChI is InChI=1S/C18H22N4O/c19-13-14-4-6-15(7-5-14)18(23)21-16-8-11-22(12-9-16)17-3-1-2-10-20-17/h1-7,10,16H,8-9,11-13,19H2,(H,21,23). The van der Waals surface area contributed by atoms with Crippen molar-refractivity contribution < 1.29 is 4.79 Å². The Kier molecular flexibility index (Phi) is 4.88. The van der Waals surface area contributed by atoms with Crippen molar-refractivity contribution in [2.75, 3.05) is 18.0 Å². The van der Waals surface area contributed by atoms with Crippen LogP contribution in [0.3, 0.4) is 0 Å². The molecule has 1 amide bonds. The van der Waals surface area contributed by atoms with Gasteiger partial charge >= 0.3 is 0 Å². The van der Waals surface area contributed by atoms with Crippen molar-refractivity contribution in [1.82, 2.24) is 10.3 Å². The number of anilines is 1. The summed E-state index contributed by atoms with van der Waals surface area (Å²) in [5.41, 5.74) is 7.30. The molecule has 0 spiro atoms. The Morgan fingerprint density at radius 2 is 1.91 bits per heavy atom. The van der Waals surface area contributed by atoms with Gasteiger partial charge in [-0.2, -0.15) is 0 Å². The van der Waals surface area contributed by atoms with Crippen LogP contribution >= 0.6 is 0 Å². The molecule has 2 aromatic rings. The van der Waals surface area contributed by atoms with Gasteiger partial charge in [0.15, 0.2) is 0 Å². The van der Waals surface area contributed by atoms with E-state index >= 15 is 0 Å². The molecule has 0 aliphatic carbocycles. The third kappa shape index (κ3) is 3.87. The lowest BCUT2D eigenvalue weighted by atomic mass is 10.0. The van der Waals surface area contributed by atoms with Crippen molar-refractivity contribution in [3.05, 3.63) is 59.8 Å². The zero-order valence-corrected chi connectivity index (χ0v) is 13.1.